The van der Waals surface area contributed by atoms with Crippen LogP contribution in [0.5, 0.6) is 0 Å². The van der Waals surface area contributed by atoms with Gasteiger partial charge in [0.2, 0.25) is 0 Å². The molecule has 0 aliphatic heterocycles. The molecule has 21 heavy (non-hydrogen) atoms. The summed E-state index contributed by atoms with van der Waals surface area (Å²) in [4.78, 5) is 44.0. The van der Waals surface area contributed by atoms with Crippen molar-refractivity contribution in [2.75, 3.05) is 14.2 Å². The van der Waals surface area contributed by atoms with Gasteiger partial charge in [0.05, 0.1) is 14.2 Å². The third-order valence-electron chi connectivity index (χ3n) is 2.08. The van der Waals surface area contributed by atoms with Gasteiger partial charge < -0.3 is 19.7 Å². The minimum absolute atomic E-state index is 0. The zero-order chi connectivity index (χ0) is 14.7. The number of rotatable bonds is 4. The quantitative estimate of drug-likeness (QED) is 0.580. The van der Waals surface area contributed by atoms with Crippen molar-refractivity contribution >= 4 is 94.3 Å². The van der Waals surface area contributed by atoms with Crippen LogP contribution in [0.3, 0.4) is 0 Å². The fourth-order valence-electron chi connectivity index (χ4n) is 1.31. The Morgan fingerprint density at radius 1 is 0.810 bits per heavy atom. The summed E-state index contributed by atoms with van der Waals surface area (Å²) in [5.41, 5.74) is -1.57. The molecule has 11 heteroatoms. The number of ether oxygens (including phenoxy) is 2. The summed E-state index contributed by atoms with van der Waals surface area (Å²) in [7, 11) is 2.01. The van der Waals surface area contributed by atoms with Gasteiger partial charge in [0.25, 0.3) is 0 Å². The average molecular weight is 334 g/mol. The fraction of sp³-hybridized carbons (Fsp3) is 0.200. The molecule has 0 aromatic carbocycles. The topological polar surface area (TPSA) is 127 Å². The Bertz CT molecular complexity index is 531. The molecular weight excluding hydrogens is 326 g/mol. The van der Waals surface area contributed by atoms with Crippen molar-refractivity contribution in [3.63, 3.8) is 0 Å². The van der Waals surface area contributed by atoms with Gasteiger partial charge in [-0.2, -0.15) is 0 Å². The number of aromatic carboxylic acids is 2. The summed E-state index contributed by atoms with van der Waals surface area (Å²) in [5, 5.41) is 18.0. The van der Waals surface area contributed by atoms with Crippen LogP contribution in [-0.4, -0.2) is 107 Å². The molecule has 0 unspecified atom stereocenters. The second-order valence-corrected chi connectivity index (χ2v) is 4.12. The van der Waals surface area contributed by atoms with Crippen LogP contribution in [0.25, 0.3) is 0 Å². The van der Waals surface area contributed by atoms with E-state index in [1.807, 2.05) is 0 Å². The predicted molar refractivity (Wildman–Crippen MR) is 72.4 cm³/mol. The summed E-state index contributed by atoms with van der Waals surface area (Å²) < 4.78 is 8.70. The van der Waals surface area contributed by atoms with Crippen LogP contribution in [-0.2, 0) is 9.47 Å². The number of hydrogen-bond acceptors (Lipinski definition) is 7. The zero-order valence-corrected chi connectivity index (χ0v) is 16.6. The van der Waals surface area contributed by atoms with Crippen molar-refractivity contribution in [2.45, 2.75) is 0 Å². The number of carboxylic acids is 2. The normalized spacial score (nSPS) is 8.86. The monoisotopic (exact) mass is 334 g/mol. The predicted octanol–water partition coefficient (Wildman–Crippen LogP) is -0.0439. The van der Waals surface area contributed by atoms with Crippen LogP contribution < -0.4 is 0 Å². The van der Waals surface area contributed by atoms with Crippen LogP contribution in [0.2, 0.25) is 0 Å². The Hall–Kier alpha value is -0.420. The minimum atomic E-state index is -1.65. The van der Waals surface area contributed by atoms with E-state index in [0.29, 0.717) is 11.3 Å². The number of carbonyl (C=O) groups is 4. The second-order valence-electron chi connectivity index (χ2n) is 3.10. The Labute approximate surface area is 167 Å². The molecule has 0 amide bonds. The Kier molecular flexibility index (Phi) is 10.4. The van der Waals surface area contributed by atoms with Crippen molar-refractivity contribution < 1.29 is 38.9 Å². The van der Waals surface area contributed by atoms with Gasteiger partial charge in [0, 0.05) is 59.1 Å². The van der Waals surface area contributed by atoms with E-state index in [9.17, 15) is 19.2 Å². The van der Waals surface area contributed by atoms with Gasteiger partial charge >= 0.3 is 23.9 Å². The summed E-state index contributed by atoms with van der Waals surface area (Å²) in [6, 6.07) is 0. The molecule has 0 saturated heterocycles. The first-order valence-corrected chi connectivity index (χ1v) is 5.46. The van der Waals surface area contributed by atoms with Crippen LogP contribution >= 0.6 is 11.3 Å². The maximum Gasteiger partial charge on any atom is 0.348 e. The molecule has 0 saturated carbocycles. The number of carboxylic acid groups (broad SMARTS) is 2. The van der Waals surface area contributed by atoms with Crippen molar-refractivity contribution in [1.29, 1.82) is 0 Å². The van der Waals surface area contributed by atoms with Gasteiger partial charge in [-0.25, -0.2) is 19.2 Å². The second kappa shape index (κ2) is 9.57. The van der Waals surface area contributed by atoms with E-state index in [0.717, 1.165) is 14.2 Å². The minimum Gasteiger partial charge on any atom is -0.478 e. The molecule has 104 valence electrons. The van der Waals surface area contributed by atoms with E-state index in [1.54, 1.807) is 0 Å². The van der Waals surface area contributed by atoms with Gasteiger partial charge in [0.1, 0.15) is 20.9 Å². The molecule has 0 atom stereocenters. The molecule has 1 aromatic rings. The van der Waals surface area contributed by atoms with Crippen molar-refractivity contribution in [3.8, 4) is 0 Å². The number of carbonyl (C=O) groups excluding carboxylic acids is 2. The largest absolute Gasteiger partial charge is 0.478 e. The Balaban J connectivity index is 0. The van der Waals surface area contributed by atoms with Gasteiger partial charge in [-0.3, -0.25) is 0 Å². The molecule has 0 aliphatic carbocycles. The number of esters is 2. The van der Waals surface area contributed by atoms with Gasteiger partial charge in [0.15, 0.2) is 0 Å². The average Bonchev–Trinajstić information content (AvgIpc) is 2.77. The maximum atomic E-state index is 11.4. The SMILES string of the molecule is COC(=O)c1sc(C(=O)OC)c(C(=O)O)c1C(=O)O.[Na].[Na]. The smallest absolute Gasteiger partial charge is 0.348 e. The summed E-state index contributed by atoms with van der Waals surface area (Å²) in [6.07, 6.45) is 0. The van der Waals surface area contributed by atoms with E-state index in [-0.39, 0.29) is 59.1 Å². The Morgan fingerprint density at radius 3 is 1.29 bits per heavy atom. The van der Waals surface area contributed by atoms with E-state index in [2.05, 4.69) is 9.47 Å². The summed E-state index contributed by atoms with van der Waals surface area (Å²) in [6.45, 7) is 0. The first kappa shape index (κ1) is 22.9. The van der Waals surface area contributed by atoms with Crippen LogP contribution in [0.15, 0.2) is 0 Å². The van der Waals surface area contributed by atoms with Crippen molar-refractivity contribution in [1.82, 2.24) is 0 Å². The maximum absolute atomic E-state index is 11.4. The first-order chi connectivity index (χ1) is 8.84. The van der Waals surface area contributed by atoms with Crippen LogP contribution in [0.1, 0.15) is 40.1 Å². The zero-order valence-electron chi connectivity index (χ0n) is 11.8. The fourth-order valence-corrected chi connectivity index (χ4v) is 2.43. The van der Waals surface area contributed by atoms with E-state index >= 15 is 0 Å². The van der Waals surface area contributed by atoms with Crippen molar-refractivity contribution in [3.05, 3.63) is 20.9 Å². The molecule has 0 aliphatic rings. The molecule has 0 spiro atoms. The molecule has 2 N–H and O–H groups in total. The first-order valence-electron chi connectivity index (χ1n) is 4.65. The molecule has 1 rings (SSSR count). The van der Waals surface area contributed by atoms with Gasteiger partial charge in [-0.1, -0.05) is 0 Å². The molecular formula is C10H8Na2O8S. The number of methoxy groups -OCH3 is 2. The third-order valence-corrected chi connectivity index (χ3v) is 3.23. The summed E-state index contributed by atoms with van der Waals surface area (Å²) >= 11 is 0.397. The molecule has 1 heterocycles. The van der Waals surface area contributed by atoms with Crippen molar-refractivity contribution in [2.24, 2.45) is 0 Å². The van der Waals surface area contributed by atoms with E-state index < -0.39 is 44.8 Å². The molecule has 2 radical (unpaired) electrons. The molecule has 0 fully saturated rings. The van der Waals surface area contributed by atoms with Gasteiger partial charge in [-0.05, 0) is 0 Å². The third kappa shape index (κ3) is 4.78. The number of thiophene rings is 1. The number of hydrogen-bond donors (Lipinski definition) is 2. The molecule has 0 bridgehead atoms. The summed E-state index contributed by atoms with van der Waals surface area (Å²) in [5.74, 6) is -5.38. The molecule has 8 nitrogen and oxygen atoms in total. The van der Waals surface area contributed by atoms with Gasteiger partial charge in [-0.15, -0.1) is 11.3 Å². The molecule has 1 aromatic heterocycles. The standard InChI is InChI=1S/C10H8O8S.2Na/c1-17-9(15)5-3(7(11)12)4(8(13)14)6(19-5)10(16)18-2;;/h1-2H3,(H,11,12)(H,13,14);;. The van der Waals surface area contributed by atoms with E-state index in [1.165, 1.54) is 0 Å². The van der Waals surface area contributed by atoms with Crippen LogP contribution in [0, 0.1) is 0 Å². The van der Waals surface area contributed by atoms with Crippen LogP contribution in [0.4, 0.5) is 0 Å². The van der Waals surface area contributed by atoms with E-state index in [4.69, 9.17) is 10.2 Å². The Morgan fingerprint density at radius 2 is 1.10 bits per heavy atom.